The highest BCUT2D eigenvalue weighted by molar-refractivity contribution is 7.88. The summed E-state index contributed by atoms with van der Waals surface area (Å²) in [7, 11) is -3.23. The zero-order valence-electron chi connectivity index (χ0n) is 13.3. The van der Waals surface area contributed by atoms with Crippen molar-refractivity contribution >= 4 is 15.9 Å². The number of sulfonamides is 1. The highest BCUT2D eigenvalue weighted by atomic mass is 32.2. The summed E-state index contributed by atoms with van der Waals surface area (Å²) < 4.78 is 25.1. The molecular weight excluding hydrogens is 320 g/mol. The monoisotopic (exact) mass is 342 g/mol. The first kappa shape index (κ1) is 17.6. The van der Waals surface area contributed by atoms with Crippen LogP contribution < -0.4 is 10.9 Å². The van der Waals surface area contributed by atoms with E-state index in [0.29, 0.717) is 25.3 Å². The number of nitrogens with zero attached hydrogens (tertiary/aromatic N) is 2. The quantitative estimate of drug-likeness (QED) is 0.783. The molecule has 0 saturated carbocycles. The predicted molar refractivity (Wildman–Crippen MR) is 85.7 cm³/mol. The van der Waals surface area contributed by atoms with Crippen LogP contribution >= 0.6 is 0 Å². The van der Waals surface area contributed by atoms with Gasteiger partial charge in [0.05, 0.1) is 6.26 Å². The fraction of sp³-hybridized carbons (Fsp3) is 0.643. The summed E-state index contributed by atoms with van der Waals surface area (Å²) in [4.78, 5) is 30.1. The summed E-state index contributed by atoms with van der Waals surface area (Å²) in [6, 6.07) is -0.103. The molecule has 8 nitrogen and oxygen atoms in total. The first-order chi connectivity index (χ1) is 10.8. The maximum absolute atomic E-state index is 12.0. The van der Waals surface area contributed by atoms with Gasteiger partial charge < -0.3 is 10.3 Å². The van der Waals surface area contributed by atoms with Gasteiger partial charge in [0.1, 0.15) is 11.4 Å². The Labute approximate surface area is 135 Å². The lowest BCUT2D eigenvalue weighted by Crippen LogP contribution is -2.44. The number of carbonyl (C=O) groups excluding carboxylic acids is 1. The number of aromatic amines is 1. The van der Waals surface area contributed by atoms with Crippen LogP contribution in [0.15, 0.2) is 11.0 Å². The van der Waals surface area contributed by atoms with E-state index in [1.807, 2.05) is 0 Å². The lowest BCUT2D eigenvalue weighted by Gasteiger charge is -2.33. The van der Waals surface area contributed by atoms with E-state index in [0.717, 1.165) is 19.3 Å². The SMILES string of the molecule is Cc1ncc(C(=O)NCC[C@H]2CCCCN2S(C)(=O)=O)c(=O)[nH]1. The summed E-state index contributed by atoms with van der Waals surface area (Å²) in [6.45, 7) is 2.47. The molecule has 0 spiro atoms. The van der Waals surface area contributed by atoms with Crippen molar-refractivity contribution in [3.63, 3.8) is 0 Å². The molecule has 1 amide bonds. The molecule has 1 aliphatic rings. The summed E-state index contributed by atoms with van der Waals surface area (Å²) in [5, 5.41) is 2.66. The van der Waals surface area contributed by atoms with Crippen LogP contribution in [0.25, 0.3) is 0 Å². The van der Waals surface area contributed by atoms with Crippen LogP contribution in [-0.4, -0.2) is 54.0 Å². The Bertz CT molecular complexity index is 729. The zero-order valence-corrected chi connectivity index (χ0v) is 14.1. The minimum Gasteiger partial charge on any atom is -0.352 e. The number of H-pyrrole nitrogens is 1. The van der Waals surface area contributed by atoms with Crippen LogP contribution in [0, 0.1) is 6.92 Å². The highest BCUT2D eigenvalue weighted by Gasteiger charge is 2.28. The third-order valence-corrected chi connectivity index (χ3v) is 5.27. The molecule has 2 N–H and O–H groups in total. The molecule has 0 unspecified atom stereocenters. The van der Waals surface area contributed by atoms with E-state index >= 15 is 0 Å². The molecule has 0 radical (unpaired) electrons. The topological polar surface area (TPSA) is 112 Å². The van der Waals surface area contributed by atoms with E-state index in [2.05, 4.69) is 15.3 Å². The van der Waals surface area contributed by atoms with Crippen molar-refractivity contribution in [3.05, 3.63) is 27.9 Å². The molecular formula is C14H22N4O4S. The predicted octanol–water partition coefficient (Wildman–Crippen LogP) is 0.0123. The fourth-order valence-corrected chi connectivity index (χ4v) is 4.01. The van der Waals surface area contributed by atoms with Crippen molar-refractivity contribution in [1.82, 2.24) is 19.6 Å². The fourth-order valence-electron chi connectivity index (χ4n) is 2.79. The Morgan fingerprint density at radius 2 is 2.22 bits per heavy atom. The van der Waals surface area contributed by atoms with Crippen LogP contribution in [-0.2, 0) is 10.0 Å². The maximum atomic E-state index is 12.0. The molecule has 0 bridgehead atoms. The van der Waals surface area contributed by atoms with Crippen molar-refractivity contribution in [2.75, 3.05) is 19.3 Å². The molecule has 1 aliphatic heterocycles. The smallest absolute Gasteiger partial charge is 0.263 e. The molecule has 1 atom stereocenters. The van der Waals surface area contributed by atoms with Gasteiger partial charge in [0.15, 0.2) is 0 Å². The van der Waals surface area contributed by atoms with E-state index in [4.69, 9.17) is 0 Å². The van der Waals surface area contributed by atoms with Gasteiger partial charge in [-0.05, 0) is 26.2 Å². The van der Waals surface area contributed by atoms with Gasteiger partial charge in [-0.1, -0.05) is 6.42 Å². The van der Waals surface area contributed by atoms with Gasteiger partial charge in [-0.2, -0.15) is 4.31 Å². The Balaban J connectivity index is 1.93. The molecule has 0 aliphatic carbocycles. The summed E-state index contributed by atoms with van der Waals surface area (Å²) in [5.74, 6) is -0.0574. The van der Waals surface area contributed by atoms with Gasteiger partial charge in [-0.25, -0.2) is 13.4 Å². The Kier molecular flexibility index (Phi) is 5.53. The van der Waals surface area contributed by atoms with E-state index in [1.54, 1.807) is 6.92 Å². The standard InChI is InChI=1S/C14H22N4O4S/c1-10-16-9-12(14(20)17-10)13(19)15-7-6-11-5-3-4-8-18(11)23(2,21)22/h9,11H,3-8H2,1-2H3,(H,15,19)(H,16,17,20)/t11-/m1/s1. The molecule has 2 heterocycles. The van der Waals surface area contributed by atoms with Crippen molar-refractivity contribution in [2.24, 2.45) is 0 Å². The minimum atomic E-state index is -3.23. The molecule has 9 heteroatoms. The van der Waals surface area contributed by atoms with Gasteiger partial charge in [0.25, 0.3) is 11.5 Å². The highest BCUT2D eigenvalue weighted by Crippen LogP contribution is 2.21. The van der Waals surface area contributed by atoms with Crippen LogP contribution in [0.2, 0.25) is 0 Å². The number of aromatic nitrogens is 2. The second-order valence-electron chi connectivity index (χ2n) is 5.78. The molecule has 128 valence electrons. The third-order valence-electron chi connectivity index (χ3n) is 3.93. The molecule has 23 heavy (non-hydrogen) atoms. The molecule has 2 rings (SSSR count). The van der Waals surface area contributed by atoms with Crippen LogP contribution in [0.4, 0.5) is 0 Å². The van der Waals surface area contributed by atoms with Gasteiger partial charge >= 0.3 is 0 Å². The lowest BCUT2D eigenvalue weighted by atomic mass is 10.0. The van der Waals surface area contributed by atoms with Crippen LogP contribution in [0.1, 0.15) is 41.9 Å². The summed E-state index contributed by atoms with van der Waals surface area (Å²) in [6.07, 6.45) is 5.60. The number of hydrogen-bond donors (Lipinski definition) is 2. The number of nitrogens with one attached hydrogen (secondary N) is 2. The van der Waals surface area contributed by atoms with E-state index in [9.17, 15) is 18.0 Å². The second kappa shape index (κ2) is 7.22. The Morgan fingerprint density at radius 3 is 2.87 bits per heavy atom. The Morgan fingerprint density at radius 1 is 1.48 bits per heavy atom. The molecule has 0 aromatic carbocycles. The van der Waals surface area contributed by atoms with Crippen LogP contribution in [0.5, 0.6) is 0 Å². The van der Waals surface area contributed by atoms with Gasteiger partial charge in [0.2, 0.25) is 10.0 Å². The first-order valence-corrected chi connectivity index (χ1v) is 9.45. The maximum Gasteiger partial charge on any atom is 0.263 e. The largest absolute Gasteiger partial charge is 0.352 e. The summed E-state index contributed by atoms with van der Waals surface area (Å²) >= 11 is 0. The Hall–Kier alpha value is -1.74. The molecule has 1 saturated heterocycles. The minimum absolute atomic E-state index is 0.0424. The van der Waals surface area contributed by atoms with E-state index in [-0.39, 0.29) is 11.6 Å². The van der Waals surface area contributed by atoms with Crippen molar-refractivity contribution in [2.45, 2.75) is 38.6 Å². The zero-order chi connectivity index (χ0) is 17.0. The number of amides is 1. The first-order valence-electron chi connectivity index (χ1n) is 7.60. The van der Waals surface area contributed by atoms with Gasteiger partial charge in [0, 0.05) is 25.3 Å². The number of piperidine rings is 1. The number of carbonyl (C=O) groups is 1. The number of rotatable bonds is 5. The molecule has 1 aromatic rings. The number of hydrogen-bond acceptors (Lipinski definition) is 5. The van der Waals surface area contributed by atoms with Gasteiger partial charge in [-0.15, -0.1) is 0 Å². The average Bonchev–Trinajstić information content (AvgIpc) is 2.46. The lowest BCUT2D eigenvalue weighted by molar-refractivity contribution is 0.0947. The van der Waals surface area contributed by atoms with Crippen molar-refractivity contribution in [3.8, 4) is 0 Å². The van der Waals surface area contributed by atoms with Crippen molar-refractivity contribution < 1.29 is 13.2 Å². The molecule has 1 fully saturated rings. The normalized spacial score (nSPS) is 19.5. The molecule has 1 aromatic heterocycles. The number of aryl methyl sites for hydroxylation is 1. The van der Waals surface area contributed by atoms with Crippen molar-refractivity contribution in [1.29, 1.82) is 0 Å². The van der Waals surface area contributed by atoms with Gasteiger partial charge in [-0.3, -0.25) is 9.59 Å². The third kappa shape index (κ3) is 4.61. The second-order valence-corrected chi connectivity index (χ2v) is 7.71. The average molecular weight is 342 g/mol. The van der Waals surface area contributed by atoms with E-state index in [1.165, 1.54) is 16.8 Å². The summed E-state index contributed by atoms with van der Waals surface area (Å²) in [5.41, 5.74) is -0.523. The van der Waals surface area contributed by atoms with E-state index < -0.39 is 21.5 Å². The van der Waals surface area contributed by atoms with Crippen LogP contribution in [0.3, 0.4) is 0 Å².